The van der Waals surface area contributed by atoms with Crippen LogP contribution in [0.1, 0.15) is 0 Å². The first-order chi connectivity index (χ1) is 6.75. The molecule has 70 valence electrons. The Morgan fingerprint density at radius 2 is 1.86 bits per heavy atom. The van der Waals surface area contributed by atoms with Gasteiger partial charge in [0.15, 0.2) is 0 Å². The fourth-order valence-electron chi connectivity index (χ4n) is 1.05. The lowest BCUT2D eigenvalue weighted by molar-refractivity contribution is 0.475. The second-order valence-electron chi connectivity index (χ2n) is 2.66. The van der Waals surface area contributed by atoms with Gasteiger partial charge in [0.05, 0.1) is 11.9 Å². The Bertz CT molecular complexity index is 444. The Labute approximate surface area is 88.8 Å². The molecule has 0 aliphatic heterocycles. The summed E-state index contributed by atoms with van der Waals surface area (Å²) in [4.78, 5) is 4.13. The zero-order valence-corrected chi connectivity index (χ0v) is 8.64. The molecule has 0 aliphatic rings. The van der Waals surface area contributed by atoms with Crippen LogP contribution in [0.4, 0.5) is 0 Å². The molecule has 0 spiro atoms. The largest absolute Gasteiger partial charge is 0.508 e. The van der Waals surface area contributed by atoms with Gasteiger partial charge in [-0.15, -0.1) is 5.10 Å². The standard InChI is InChI=1S/C9H6BrN3O/c10-9-12-8(5-11-13-9)6-1-3-7(14)4-2-6/h1-5,14H. The number of aromatic nitrogens is 3. The summed E-state index contributed by atoms with van der Waals surface area (Å²) in [6.45, 7) is 0. The average molecular weight is 252 g/mol. The lowest BCUT2D eigenvalue weighted by Gasteiger charge is -1.99. The third kappa shape index (κ3) is 1.88. The van der Waals surface area contributed by atoms with Crippen LogP contribution in [0.3, 0.4) is 0 Å². The first kappa shape index (κ1) is 9.08. The van der Waals surface area contributed by atoms with Crippen LogP contribution in [0.25, 0.3) is 11.3 Å². The number of hydrogen-bond acceptors (Lipinski definition) is 4. The van der Waals surface area contributed by atoms with E-state index in [2.05, 4.69) is 31.1 Å². The number of benzene rings is 1. The van der Waals surface area contributed by atoms with Gasteiger partial charge in [0, 0.05) is 5.56 Å². The third-order valence-electron chi connectivity index (χ3n) is 1.70. The molecule has 0 bridgehead atoms. The van der Waals surface area contributed by atoms with E-state index in [0.717, 1.165) is 5.56 Å². The SMILES string of the molecule is Oc1ccc(-c2cnnc(Br)n2)cc1. The molecule has 0 unspecified atom stereocenters. The molecule has 0 atom stereocenters. The highest BCUT2D eigenvalue weighted by molar-refractivity contribution is 9.10. The summed E-state index contributed by atoms with van der Waals surface area (Å²) >= 11 is 3.14. The molecule has 5 heteroatoms. The van der Waals surface area contributed by atoms with Crippen LogP contribution in [-0.4, -0.2) is 20.3 Å². The van der Waals surface area contributed by atoms with E-state index in [1.54, 1.807) is 30.5 Å². The van der Waals surface area contributed by atoms with E-state index in [-0.39, 0.29) is 5.75 Å². The summed E-state index contributed by atoms with van der Waals surface area (Å²) < 4.78 is 0.447. The molecule has 2 aromatic rings. The Balaban J connectivity index is 2.44. The third-order valence-corrected chi connectivity index (χ3v) is 2.03. The van der Waals surface area contributed by atoms with Crippen molar-refractivity contribution in [2.24, 2.45) is 0 Å². The Kier molecular flexibility index (Phi) is 2.41. The van der Waals surface area contributed by atoms with Crippen molar-refractivity contribution in [3.8, 4) is 17.0 Å². The van der Waals surface area contributed by atoms with E-state index in [1.807, 2.05) is 0 Å². The van der Waals surface area contributed by atoms with Crippen LogP contribution in [0.5, 0.6) is 5.75 Å². The number of phenols is 1. The van der Waals surface area contributed by atoms with Crippen molar-refractivity contribution in [3.63, 3.8) is 0 Å². The minimum absolute atomic E-state index is 0.231. The van der Waals surface area contributed by atoms with Crippen molar-refractivity contribution in [2.75, 3.05) is 0 Å². The number of nitrogens with zero attached hydrogens (tertiary/aromatic N) is 3. The quantitative estimate of drug-likeness (QED) is 0.843. The smallest absolute Gasteiger partial charge is 0.218 e. The summed E-state index contributed by atoms with van der Waals surface area (Å²) in [5.74, 6) is 0.231. The van der Waals surface area contributed by atoms with Gasteiger partial charge < -0.3 is 5.11 Å². The van der Waals surface area contributed by atoms with Gasteiger partial charge in [-0.05, 0) is 40.2 Å². The van der Waals surface area contributed by atoms with Gasteiger partial charge >= 0.3 is 0 Å². The highest BCUT2D eigenvalue weighted by Gasteiger charge is 2.00. The van der Waals surface area contributed by atoms with Gasteiger partial charge in [-0.1, -0.05) is 0 Å². The van der Waals surface area contributed by atoms with Gasteiger partial charge in [-0.2, -0.15) is 5.10 Å². The van der Waals surface area contributed by atoms with Crippen molar-refractivity contribution in [1.29, 1.82) is 0 Å². The number of phenolic OH excluding ortho intramolecular Hbond substituents is 1. The molecule has 0 fully saturated rings. The predicted octanol–water partition coefficient (Wildman–Crippen LogP) is 2.01. The van der Waals surface area contributed by atoms with Gasteiger partial charge in [0.2, 0.25) is 4.73 Å². The van der Waals surface area contributed by atoms with Crippen LogP contribution in [0, 0.1) is 0 Å². The van der Waals surface area contributed by atoms with Gasteiger partial charge in [0.25, 0.3) is 0 Å². The maximum atomic E-state index is 9.10. The van der Waals surface area contributed by atoms with Crippen LogP contribution in [0.15, 0.2) is 35.2 Å². The first-order valence-electron chi connectivity index (χ1n) is 3.90. The summed E-state index contributed by atoms with van der Waals surface area (Å²) in [5, 5.41) is 16.6. The first-order valence-corrected chi connectivity index (χ1v) is 4.69. The molecule has 0 saturated carbocycles. The van der Waals surface area contributed by atoms with E-state index in [1.165, 1.54) is 0 Å². The topological polar surface area (TPSA) is 58.9 Å². The van der Waals surface area contributed by atoms with Crippen LogP contribution >= 0.6 is 15.9 Å². The van der Waals surface area contributed by atoms with Crippen LogP contribution in [0.2, 0.25) is 0 Å². The van der Waals surface area contributed by atoms with Crippen LogP contribution < -0.4 is 0 Å². The fraction of sp³-hybridized carbons (Fsp3) is 0. The van der Waals surface area contributed by atoms with Crippen molar-refractivity contribution >= 4 is 15.9 Å². The van der Waals surface area contributed by atoms with E-state index in [9.17, 15) is 0 Å². The minimum atomic E-state index is 0.231. The number of hydrogen-bond donors (Lipinski definition) is 1. The molecule has 0 aliphatic carbocycles. The Morgan fingerprint density at radius 3 is 2.50 bits per heavy atom. The monoisotopic (exact) mass is 251 g/mol. The molecule has 0 saturated heterocycles. The summed E-state index contributed by atoms with van der Waals surface area (Å²) in [5.41, 5.74) is 1.60. The molecule has 1 aromatic carbocycles. The van der Waals surface area contributed by atoms with E-state index in [4.69, 9.17) is 5.11 Å². The summed E-state index contributed by atoms with van der Waals surface area (Å²) in [7, 11) is 0. The molecule has 0 amide bonds. The van der Waals surface area contributed by atoms with Crippen molar-refractivity contribution < 1.29 is 5.11 Å². The highest BCUT2D eigenvalue weighted by Crippen LogP contribution is 2.19. The van der Waals surface area contributed by atoms with Crippen molar-refractivity contribution in [3.05, 3.63) is 35.2 Å². The van der Waals surface area contributed by atoms with Gasteiger partial charge in [-0.3, -0.25) is 0 Å². The average Bonchev–Trinajstić information content (AvgIpc) is 2.19. The molecular formula is C9H6BrN3O. The van der Waals surface area contributed by atoms with Gasteiger partial charge in [-0.25, -0.2) is 4.98 Å². The van der Waals surface area contributed by atoms with Crippen LogP contribution in [-0.2, 0) is 0 Å². The molecule has 1 aromatic heterocycles. The second-order valence-corrected chi connectivity index (χ2v) is 3.37. The molecule has 2 rings (SSSR count). The second kappa shape index (κ2) is 3.71. The zero-order chi connectivity index (χ0) is 9.97. The van der Waals surface area contributed by atoms with Crippen molar-refractivity contribution in [1.82, 2.24) is 15.2 Å². The summed E-state index contributed by atoms with van der Waals surface area (Å²) in [6, 6.07) is 6.74. The molecular weight excluding hydrogens is 246 g/mol. The molecule has 1 heterocycles. The van der Waals surface area contributed by atoms with E-state index >= 15 is 0 Å². The number of aromatic hydroxyl groups is 1. The van der Waals surface area contributed by atoms with Gasteiger partial charge in [0.1, 0.15) is 5.75 Å². The minimum Gasteiger partial charge on any atom is -0.508 e. The predicted molar refractivity (Wildman–Crippen MR) is 54.6 cm³/mol. The molecule has 14 heavy (non-hydrogen) atoms. The maximum absolute atomic E-state index is 9.10. The zero-order valence-electron chi connectivity index (χ0n) is 7.05. The Morgan fingerprint density at radius 1 is 1.14 bits per heavy atom. The highest BCUT2D eigenvalue weighted by atomic mass is 79.9. The fourth-order valence-corrected chi connectivity index (χ4v) is 1.34. The normalized spacial score (nSPS) is 10.1. The molecule has 1 N–H and O–H groups in total. The maximum Gasteiger partial charge on any atom is 0.218 e. The number of halogens is 1. The lowest BCUT2D eigenvalue weighted by Crippen LogP contribution is -1.90. The summed E-state index contributed by atoms with van der Waals surface area (Å²) in [6.07, 6.45) is 1.57. The Hall–Kier alpha value is -1.49. The molecule has 4 nitrogen and oxygen atoms in total. The van der Waals surface area contributed by atoms with Crippen molar-refractivity contribution in [2.45, 2.75) is 0 Å². The molecule has 0 radical (unpaired) electrons. The van der Waals surface area contributed by atoms with E-state index < -0.39 is 0 Å². The van der Waals surface area contributed by atoms with E-state index in [0.29, 0.717) is 10.4 Å². The number of rotatable bonds is 1. The lowest BCUT2D eigenvalue weighted by atomic mass is 10.1.